The SMILES string of the molecule is CC(C)C(C)N(C)C(CN)c1cccc(Cl)c1. The summed E-state index contributed by atoms with van der Waals surface area (Å²) >= 11 is 6.03. The van der Waals surface area contributed by atoms with E-state index in [1.807, 2.05) is 18.2 Å². The number of halogens is 1. The zero-order chi connectivity index (χ0) is 13.0. The van der Waals surface area contributed by atoms with Crippen molar-refractivity contribution >= 4 is 11.6 Å². The quantitative estimate of drug-likeness (QED) is 0.874. The van der Waals surface area contributed by atoms with Gasteiger partial charge in [-0.15, -0.1) is 0 Å². The Morgan fingerprint density at radius 2 is 1.94 bits per heavy atom. The Balaban J connectivity index is 2.91. The number of hydrogen-bond donors (Lipinski definition) is 1. The van der Waals surface area contributed by atoms with Crippen molar-refractivity contribution in [1.29, 1.82) is 0 Å². The lowest BCUT2D eigenvalue weighted by molar-refractivity contribution is 0.152. The smallest absolute Gasteiger partial charge is 0.0470 e. The van der Waals surface area contributed by atoms with E-state index in [0.717, 1.165) is 5.02 Å². The maximum atomic E-state index is 6.03. The average Bonchev–Trinajstić information content (AvgIpc) is 2.28. The monoisotopic (exact) mass is 254 g/mol. The van der Waals surface area contributed by atoms with Gasteiger partial charge in [0.05, 0.1) is 0 Å². The molecule has 0 saturated heterocycles. The van der Waals surface area contributed by atoms with E-state index in [9.17, 15) is 0 Å². The largest absolute Gasteiger partial charge is 0.329 e. The molecule has 2 N–H and O–H groups in total. The van der Waals surface area contributed by atoms with Crippen LogP contribution in [0.3, 0.4) is 0 Å². The highest BCUT2D eigenvalue weighted by Gasteiger charge is 2.22. The van der Waals surface area contributed by atoms with Crippen molar-refractivity contribution < 1.29 is 0 Å². The number of likely N-dealkylation sites (N-methyl/N-ethyl adjacent to an activating group) is 1. The van der Waals surface area contributed by atoms with Gasteiger partial charge in [0.25, 0.3) is 0 Å². The Hall–Kier alpha value is -0.570. The van der Waals surface area contributed by atoms with Gasteiger partial charge in [-0.1, -0.05) is 37.6 Å². The lowest BCUT2D eigenvalue weighted by atomic mass is 9.99. The van der Waals surface area contributed by atoms with Gasteiger partial charge in [0.1, 0.15) is 0 Å². The Morgan fingerprint density at radius 3 is 2.41 bits per heavy atom. The number of nitrogens with zero attached hydrogens (tertiary/aromatic N) is 1. The van der Waals surface area contributed by atoms with Crippen molar-refractivity contribution in [3.8, 4) is 0 Å². The standard InChI is InChI=1S/C14H23ClN2/c1-10(2)11(3)17(4)14(9-16)12-6-5-7-13(15)8-12/h5-8,10-11,14H,9,16H2,1-4H3. The van der Waals surface area contributed by atoms with Gasteiger partial charge in [-0.25, -0.2) is 0 Å². The van der Waals surface area contributed by atoms with Gasteiger partial charge in [0, 0.05) is 23.7 Å². The van der Waals surface area contributed by atoms with Gasteiger partial charge in [-0.05, 0) is 37.6 Å². The molecule has 0 bridgehead atoms. The second-order valence-electron chi connectivity index (χ2n) is 4.96. The van der Waals surface area contributed by atoms with Crippen molar-refractivity contribution in [2.45, 2.75) is 32.9 Å². The fourth-order valence-electron chi connectivity index (χ4n) is 2.01. The molecule has 1 rings (SSSR count). The second-order valence-corrected chi connectivity index (χ2v) is 5.39. The third kappa shape index (κ3) is 3.70. The molecule has 0 fully saturated rings. The van der Waals surface area contributed by atoms with Crippen LogP contribution in [0.1, 0.15) is 32.4 Å². The van der Waals surface area contributed by atoms with E-state index >= 15 is 0 Å². The molecule has 0 amide bonds. The van der Waals surface area contributed by atoms with Gasteiger partial charge in [-0.3, -0.25) is 4.90 Å². The van der Waals surface area contributed by atoms with E-state index < -0.39 is 0 Å². The first kappa shape index (κ1) is 14.5. The Bertz CT molecular complexity index is 352. The van der Waals surface area contributed by atoms with E-state index in [2.05, 4.69) is 38.8 Å². The van der Waals surface area contributed by atoms with Gasteiger partial charge in [-0.2, -0.15) is 0 Å². The molecule has 0 spiro atoms. The van der Waals surface area contributed by atoms with Gasteiger partial charge < -0.3 is 5.73 Å². The summed E-state index contributed by atoms with van der Waals surface area (Å²) in [5.41, 5.74) is 7.10. The minimum atomic E-state index is 0.228. The molecular weight excluding hydrogens is 232 g/mol. The summed E-state index contributed by atoms with van der Waals surface area (Å²) in [5, 5.41) is 0.770. The van der Waals surface area contributed by atoms with Crippen LogP contribution >= 0.6 is 11.6 Å². The number of benzene rings is 1. The van der Waals surface area contributed by atoms with Crippen molar-refractivity contribution in [3.63, 3.8) is 0 Å². The molecule has 0 heterocycles. The molecule has 0 aliphatic carbocycles. The maximum Gasteiger partial charge on any atom is 0.0470 e. The Labute approximate surface area is 110 Å². The zero-order valence-corrected chi connectivity index (χ0v) is 11.9. The summed E-state index contributed by atoms with van der Waals surface area (Å²) in [7, 11) is 2.13. The highest BCUT2D eigenvalue weighted by atomic mass is 35.5. The van der Waals surface area contributed by atoms with Crippen LogP contribution in [0.25, 0.3) is 0 Å². The normalized spacial score (nSPS) is 15.3. The number of hydrogen-bond acceptors (Lipinski definition) is 2. The van der Waals surface area contributed by atoms with Crippen LogP contribution in [0.4, 0.5) is 0 Å². The third-order valence-electron chi connectivity index (χ3n) is 3.56. The third-order valence-corrected chi connectivity index (χ3v) is 3.79. The predicted molar refractivity (Wildman–Crippen MR) is 75.3 cm³/mol. The number of rotatable bonds is 5. The molecule has 0 aliphatic rings. The molecule has 2 atom stereocenters. The molecule has 0 radical (unpaired) electrons. The molecule has 96 valence electrons. The first-order chi connectivity index (χ1) is 7.97. The molecule has 0 aromatic heterocycles. The summed E-state index contributed by atoms with van der Waals surface area (Å²) in [6, 6.07) is 8.68. The van der Waals surface area contributed by atoms with Crippen LogP contribution in [-0.4, -0.2) is 24.5 Å². The van der Waals surface area contributed by atoms with Crippen molar-refractivity contribution in [2.75, 3.05) is 13.6 Å². The fraction of sp³-hybridized carbons (Fsp3) is 0.571. The fourth-order valence-corrected chi connectivity index (χ4v) is 2.20. The highest BCUT2D eigenvalue weighted by molar-refractivity contribution is 6.30. The average molecular weight is 255 g/mol. The van der Waals surface area contributed by atoms with E-state index in [4.69, 9.17) is 17.3 Å². The van der Waals surface area contributed by atoms with E-state index in [-0.39, 0.29) is 6.04 Å². The maximum absolute atomic E-state index is 6.03. The van der Waals surface area contributed by atoms with Gasteiger partial charge in [0.2, 0.25) is 0 Å². The van der Waals surface area contributed by atoms with Crippen molar-refractivity contribution in [1.82, 2.24) is 4.90 Å². The highest BCUT2D eigenvalue weighted by Crippen LogP contribution is 2.25. The van der Waals surface area contributed by atoms with Crippen LogP contribution in [0, 0.1) is 5.92 Å². The molecule has 0 saturated carbocycles. The molecule has 2 unspecified atom stereocenters. The number of nitrogens with two attached hydrogens (primary N) is 1. The zero-order valence-electron chi connectivity index (χ0n) is 11.2. The van der Waals surface area contributed by atoms with Crippen LogP contribution in [0.5, 0.6) is 0 Å². The van der Waals surface area contributed by atoms with E-state index in [1.165, 1.54) is 5.56 Å². The Kier molecular flexibility index (Phi) is 5.44. The summed E-state index contributed by atoms with van der Waals surface area (Å²) in [6.45, 7) is 7.30. The molecule has 1 aromatic rings. The second kappa shape index (κ2) is 6.39. The van der Waals surface area contributed by atoms with E-state index in [1.54, 1.807) is 0 Å². The molecule has 1 aromatic carbocycles. The molecule has 0 aliphatic heterocycles. The first-order valence-electron chi connectivity index (χ1n) is 6.14. The van der Waals surface area contributed by atoms with Gasteiger partial charge >= 0.3 is 0 Å². The molecule has 2 nitrogen and oxygen atoms in total. The van der Waals surface area contributed by atoms with Crippen molar-refractivity contribution in [3.05, 3.63) is 34.9 Å². The van der Waals surface area contributed by atoms with Gasteiger partial charge in [0.15, 0.2) is 0 Å². The minimum absolute atomic E-state index is 0.228. The van der Waals surface area contributed by atoms with Crippen LogP contribution in [-0.2, 0) is 0 Å². The lowest BCUT2D eigenvalue weighted by Gasteiger charge is -2.35. The molecular formula is C14H23ClN2. The predicted octanol–water partition coefficient (Wildman–Crippen LogP) is 3.32. The van der Waals surface area contributed by atoms with Crippen LogP contribution in [0.2, 0.25) is 5.02 Å². The van der Waals surface area contributed by atoms with Crippen LogP contribution in [0.15, 0.2) is 24.3 Å². The molecule has 17 heavy (non-hydrogen) atoms. The summed E-state index contributed by atoms with van der Waals surface area (Å²) in [4.78, 5) is 2.33. The summed E-state index contributed by atoms with van der Waals surface area (Å²) in [6.07, 6.45) is 0. The first-order valence-corrected chi connectivity index (χ1v) is 6.52. The lowest BCUT2D eigenvalue weighted by Crippen LogP contribution is -2.39. The summed E-state index contributed by atoms with van der Waals surface area (Å²) < 4.78 is 0. The van der Waals surface area contributed by atoms with Crippen molar-refractivity contribution in [2.24, 2.45) is 11.7 Å². The molecule has 3 heteroatoms. The van der Waals surface area contributed by atoms with E-state index in [0.29, 0.717) is 18.5 Å². The summed E-state index contributed by atoms with van der Waals surface area (Å²) in [5.74, 6) is 0.605. The topological polar surface area (TPSA) is 29.3 Å². The van der Waals surface area contributed by atoms with Crippen LogP contribution < -0.4 is 5.73 Å². The Morgan fingerprint density at radius 1 is 1.29 bits per heavy atom. The minimum Gasteiger partial charge on any atom is -0.329 e.